The predicted molar refractivity (Wildman–Crippen MR) is 59.4 cm³/mol. The number of amides is 1. The Bertz CT molecular complexity index is 200. The molecule has 1 fully saturated rings. The Kier molecular flexibility index (Phi) is 4.26. The molecule has 2 atom stereocenters. The Morgan fingerprint density at radius 1 is 1.71 bits per heavy atom. The highest BCUT2D eigenvalue weighted by Gasteiger charge is 2.25. The second kappa shape index (κ2) is 5.03. The van der Waals surface area contributed by atoms with Crippen LogP contribution >= 0.6 is 11.8 Å². The summed E-state index contributed by atoms with van der Waals surface area (Å²) in [7, 11) is 0. The van der Waals surface area contributed by atoms with Crippen molar-refractivity contribution in [2.45, 2.75) is 44.0 Å². The van der Waals surface area contributed by atoms with E-state index in [1.165, 1.54) is 0 Å². The van der Waals surface area contributed by atoms with Crippen LogP contribution < -0.4 is 5.32 Å². The Hall–Kier alpha value is -0.220. The van der Waals surface area contributed by atoms with E-state index in [2.05, 4.69) is 5.32 Å². The number of thioether (sulfide) groups is 1. The summed E-state index contributed by atoms with van der Waals surface area (Å²) in [5.41, 5.74) is -0.765. The first-order valence-corrected chi connectivity index (χ1v) is 6.22. The molecule has 0 spiro atoms. The lowest BCUT2D eigenvalue weighted by Crippen LogP contribution is -2.42. The highest BCUT2D eigenvalue weighted by Crippen LogP contribution is 2.26. The third kappa shape index (κ3) is 3.50. The first kappa shape index (κ1) is 11.9. The summed E-state index contributed by atoms with van der Waals surface area (Å²) in [6, 6.07) is 0. The molecule has 1 rings (SSSR count). The van der Waals surface area contributed by atoms with Gasteiger partial charge >= 0.3 is 0 Å². The maximum Gasteiger partial charge on any atom is 0.233 e. The van der Waals surface area contributed by atoms with Crippen LogP contribution in [-0.2, 0) is 4.79 Å². The van der Waals surface area contributed by atoms with E-state index in [9.17, 15) is 9.90 Å². The molecule has 2 unspecified atom stereocenters. The van der Waals surface area contributed by atoms with Crippen LogP contribution in [0.15, 0.2) is 0 Å². The van der Waals surface area contributed by atoms with E-state index in [1.807, 2.05) is 6.92 Å². The number of nitrogens with one attached hydrogen (secondary N) is 1. The van der Waals surface area contributed by atoms with Gasteiger partial charge in [0.15, 0.2) is 0 Å². The molecule has 0 aliphatic carbocycles. The molecule has 14 heavy (non-hydrogen) atoms. The lowest BCUT2D eigenvalue weighted by Gasteiger charge is -2.22. The number of carbonyl (C=O) groups excluding carboxylic acids is 1. The monoisotopic (exact) mass is 217 g/mol. The molecular weight excluding hydrogens is 198 g/mol. The van der Waals surface area contributed by atoms with E-state index in [-0.39, 0.29) is 11.2 Å². The van der Waals surface area contributed by atoms with Gasteiger partial charge in [0, 0.05) is 6.54 Å². The molecule has 1 heterocycles. The molecule has 4 heteroatoms. The summed E-state index contributed by atoms with van der Waals surface area (Å²) in [5, 5.41) is 12.6. The second-order valence-electron chi connectivity index (χ2n) is 4.07. The van der Waals surface area contributed by atoms with E-state index in [4.69, 9.17) is 0 Å². The zero-order valence-electron chi connectivity index (χ0n) is 8.88. The number of hydrogen-bond acceptors (Lipinski definition) is 3. The molecule has 1 saturated heterocycles. The SMILES string of the molecule is CCC(C)(O)CNC(=O)C1CCCS1. The van der Waals surface area contributed by atoms with Gasteiger partial charge in [0.05, 0.1) is 10.9 Å². The summed E-state index contributed by atoms with van der Waals surface area (Å²) in [6.45, 7) is 4.02. The van der Waals surface area contributed by atoms with Crippen molar-refractivity contribution in [2.75, 3.05) is 12.3 Å². The van der Waals surface area contributed by atoms with Gasteiger partial charge in [-0.2, -0.15) is 0 Å². The third-order valence-corrected chi connectivity index (χ3v) is 4.00. The van der Waals surface area contributed by atoms with Crippen molar-refractivity contribution in [1.29, 1.82) is 0 Å². The van der Waals surface area contributed by atoms with E-state index in [0.29, 0.717) is 13.0 Å². The van der Waals surface area contributed by atoms with E-state index in [0.717, 1.165) is 18.6 Å². The van der Waals surface area contributed by atoms with Crippen molar-refractivity contribution < 1.29 is 9.90 Å². The number of carbonyl (C=O) groups is 1. The lowest BCUT2D eigenvalue weighted by atomic mass is 10.0. The number of hydrogen-bond donors (Lipinski definition) is 2. The smallest absolute Gasteiger partial charge is 0.233 e. The fourth-order valence-corrected chi connectivity index (χ4v) is 2.49. The van der Waals surface area contributed by atoms with Crippen molar-refractivity contribution in [2.24, 2.45) is 0 Å². The van der Waals surface area contributed by atoms with Gasteiger partial charge in [-0.05, 0) is 31.9 Å². The Labute approximate surface area is 89.6 Å². The molecule has 0 aromatic carbocycles. The summed E-state index contributed by atoms with van der Waals surface area (Å²) >= 11 is 1.71. The maximum atomic E-state index is 11.6. The molecule has 0 aromatic rings. The van der Waals surface area contributed by atoms with Crippen LogP contribution in [0, 0.1) is 0 Å². The van der Waals surface area contributed by atoms with Gasteiger partial charge < -0.3 is 10.4 Å². The minimum atomic E-state index is -0.765. The second-order valence-corrected chi connectivity index (χ2v) is 5.38. The topological polar surface area (TPSA) is 49.3 Å². The standard InChI is InChI=1S/C10H19NO2S/c1-3-10(2,13)7-11-9(12)8-5-4-6-14-8/h8,13H,3-7H2,1-2H3,(H,11,12). The Morgan fingerprint density at radius 2 is 2.43 bits per heavy atom. The highest BCUT2D eigenvalue weighted by atomic mass is 32.2. The normalized spacial score (nSPS) is 25.8. The van der Waals surface area contributed by atoms with Crippen LogP contribution in [0.3, 0.4) is 0 Å². The molecule has 0 saturated carbocycles. The maximum absolute atomic E-state index is 11.6. The minimum Gasteiger partial charge on any atom is -0.388 e. The first-order valence-electron chi connectivity index (χ1n) is 5.17. The zero-order chi connectivity index (χ0) is 10.6. The van der Waals surface area contributed by atoms with E-state index >= 15 is 0 Å². The molecule has 2 N–H and O–H groups in total. The number of aliphatic hydroxyl groups is 1. The van der Waals surface area contributed by atoms with Gasteiger partial charge in [0.1, 0.15) is 0 Å². The van der Waals surface area contributed by atoms with E-state index < -0.39 is 5.60 Å². The van der Waals surface area contributed by atoms with Gasteiger partial charge in [0.25, 0.3) is 0 Å². The fourth-order valence-electron chi connectivity index (χ4n) is 1.30. The van der Waals surface area contributed by atoms with Gasteiger partial charge in [-0.25, -0.2) is 0 Å². The van der Waals surface area contributed by atoms with Crippen molar-refractivity contribution >= 4 is 17.7 Å². The molecule has 1 aliphatic rings. The quantitative estimate of drug-likeness (QED) is 0.743. The first-order chi connectivity index (χ1) is 6.55. The van der Waals surface area contributed by atoms with Crippen LogP contribution in [0.25, 0.3) is 0 Å². The number of rotatable bonds is 4. The largest absolute Gasteiger partial charge is 0.388 e. The van der Waals surface area contributed by atoms with Crippen LogP contribution in [0.5, 0.6) is 0 Å². The van der Waals surface area contributed by atoms with Crippen LogP contribution in [-0.4, -0.2) is 34.2 Å². The van der Waals surface area contributed by atoms with Crippen molar-refractivity contribution in [3.8, 4) is 0 Å². The molecule has 1 amide bonds. The van der Waals surface area contributed by atoms with Gasteiger partial charge in [-0.1, -0.05) is 6.92 Å². The highest BCUT2D eigenvalue weighted by molar-refractivity contribution is 8.00. The molecule has 82 valence electrons. The van der Waals surface area contributed by atoms with Crippen LogP contribution in [0.4, 0.5) is 0 Å². The molecule has 0 bridgehead atoms. The molecule has 3 nitrogen and oxygen atoms in total. The summed E-state index contributed by atoms with van der Waals surface area (Å²) in [4.78, 5) is 11.6. The van der Waals surface area contributed by atoms with Crippen molar-refractivity contribution in [1.82, 2.24) is 5.32 Å². The molecular formula is C10H19NO2S. The molecule has 1 aliphatic heterocycles. The summed E-state index contributed by atoms with van der Waals surface area (Å²) in [5.74, 6) is 1.17. The fraction of sp³-hybridized carbons (Fsp3) is 0.900. The lowest BCUT2D eigenvalue weighted by molar-refractivity contribution is -0.121. The minimum absolute atomic E-state index is 0.0845. The van der Waals surface area contributed by atoms with Crippen molar-refractivity contribution in [3.05, 3.63) is 0 Å². The van der Waals surface area contributed by atoms with E-state index in [1.54, 1.807) is 18.7 Å². The van der Waals surface area contributed by atoms with Gasteiger partial charge in [0.2, 0.25) is 5.91 Å². The Balaban J connectivity index is 2.27. The third-order valence-electron chi connectivity index (χ3n) is 2.63. The molecule has 0 radical (unpaired) electrons. The predicted octanol–water partition coefficient (Wildman–Crippen LogP) is 1.16. The summed E-state index contributed by atoms with van der Waals surface area (Å²) < 4.78 is 0. The van der Waals surface area contributed by atoms with Crippen LogP contribution in [0.2, 0.25) is 0 Å². The zero-order valence-corrected chi connectivity index (χ0v) is 9.69. The van der Waals surface area contributed by atoms with Crippen molar-refractivity contribution in [3.63, 3.8) is 0 Å². The van der Waals surface area contributed by atoms with Crippen LogP contribution in [0.1, 0.15) is 33.1 Å². The average molecular weight is 217 g/mol. The average Bonchev–Trinajstić information content (AvgIpc) is 2.67. The molecule has 0 aromatic heterocycles. The summed E-state index contributed by atoms with van der Waals surface area (Å²) in [6.07, 6.45) is 2.77. The Morgan fingerprint density at radius 3 is 2.93 bits per heavy atom. The van der Waals surface area contributed by atoms with Gasteiger partial charge in [-0.15, -0.1) is 11.8 Å². The van der Waals surface area contributed by atoms with Gasteiger partial charge in [-0.3, -0.25) is 4.79 Å².